The van der Waals surface area contributed by atoms with Gasteiger partial charge in [-0.3, -0.25) is 19.7 Å². The van der Waals surface area contributed by atoms with Crippen LogP contribution in [0.1, 0.15) is 11.1 Å². The van der Waals surface area contributed by atoms with E-state index in [1.807, 2.05) is 24.3 Å². The third kappa shape index (κ3) is 4.74. The molecule has 2 heterocycles. The van der Waals surface area contributed by atoms with Crippen LogP contribution in [0.5, 0.6) is 0 Å². The summed E-state index contributed by atoms with van der Waals surface area (Å²) in [6.07, 6.45) is 3.15. The average molecular weight is 513 g/mol. The van der Waals surface area contributed by atoms with E-state index in [4.69, 9.17) is 11.6 Å². The molecule has 3 aromatic carbocycles. The normalized spacial score (nSPS) is 14.8. The lowest BCUT2D eigenvalue weighted by atomic mass is 10.1. The number of aromatic nitrogens is 1. The number of carbonyl (C=O) groups is 4. The molecule has 1 aliphatic rings. The summed E-state index contributed by atoms with van der Waals surface area (Å²) >= 11 is 5.91. The van der Waals surface area contributed by atoms with E-state index in [0.717, 1.165) is 15.8 Å². The highest BCUT2D eigenvalue weighted by Crippen LogP contribution is 2.28. The predicted octanol–water partition coefficient (Wildman–Crippen LogP) is 4.91. The van der Waals surface area contributed by atoms with Crippen LogP contribution in [0.25, 0.3) is 17.0 Å². The first-order valence-corrected chi connectivity index (χ1v) is 11.8. The van der Waals surface area contributed by atoms with Crippen LogP contribution in [0.3, 0.4) is 0 Å². The summed E-state index contributed by atoms with van der Waals surface area (Å²) in [5.74, 6) is -1.76. The molecule has 184 valence electrons. The van der Waals surface area contributed by atoms with Crippen molar-refractivity contribution in [2.45, 2.75) is 13.5 Å². The molecule has 5 rings (SSSR count). The zero-order chi connectivity index (χ0) is 26.1. The molecule has 9 heteroatoms. The van der Waals surface area contributed by atoms with Gasteiger partial charge in [0.1, 0.15) is 12.1 Å². The summed E-state index contributed by atoms with van der Waals surface area (Å²) in [6.45, 7) is 1.78. The lowest BCUT2D eigenvalue weighted by Crippen LogP contribution is -2.54. The van der Waals surface area contributed by atoms with Gasteiger partial charge < -0.3 is 9.88 Å². The van der Waals surface area contributed by atoms with Crippen molar-refractivity contribution in [3.63, 3.8) is 0 Å². The summed E-state index contributed by atoms with van der Waals surface area (Å²) in [4.78, 5) is 52.3. The largest absolute Gasteiger partial charge is 0.337 e. The number of rotatable bonds is 5. The zero-order valence-corrected chi connectivity index (χ0v) is 20.5. The fourth-order valence-electron chi connectivity index (χ4n) is 4.26. The number of hydrogen-bond acceptors (Lipinski definition) is 4. The Morgan fingerprint density at radius 1 is 0.973 bits per heavy atom. The van der Waals surface area contributed by atoms with Gasteiger partial charge in [-0.15, -0.1) is 0 Å². The van der Waals surface area contributed by atoms with Gasteiger partial charge in [0.25, 0.3) is 11.8 Å². The summed E-state index contributed by atoms with van der Waals surface area (Å²) < 4.78 is 1.74. The molecule has 8 nitrogen and oxygen atoms in total. The van der Waals surface area contributed by atoms with Gasteiger partial charge in [-0.05, 0) is 55.0 Å². The maximum Gasteiger partial charge on any atom is 0.335 e. The predicted molar refractivity (Wildman–Crippen MR) is 142 cm³/mol. The van der Waals surface area contributed by atoms with E-state index in [9.17, 15) is 19.2 Å². The van der Waals surface area contributed by atoms with Crippen LogP contribution < -0.4 is 15.5 Å². The average Bonchev–Trinajstić information content (AvgIpc) is 3.21. The number of barbiturate groups is 1. The second-order valence-electron chi connectivity index (χ2n) is 8.53. The number of imide groups is 2. The molecule has 4 aromatic rings. The number of benzene rings is 3. The van der Waals surface area contributed by atoms with Gasteiger partial charge in [0.15, 0.2) is 0 Å². The number of halogens is 1. The van der Waals surface area contributed by atoms with E-state index < -0.39 is 17.8 Å². The second kappa shape index (κ2) is 9.75. The maximum absolute atomic E-state index is 13.3. The first kappa shape index (κ1) is 24.0. The Bertz CT molecular complexity index is 1600. The molecule has 1 aromatic heterocycles. The first-order chi connectivity index (χ1) is 17.8. The molecule has 0 bridgehead atoms. The number of anilines is 2. The highest BCUT2D eigenvalue weighted by Gasteiger charge is 2.37. The molecular weight excluding hydrogens is 492 g/mol. The van der Waals surface area contributed by atoms with Crippen molar-refractivity contribution < 1.29 is 19.2 Å². The lowest BCUT2D eigenvalue weighted by molar-refractivity contribution is -0.122. The number of nitrogens with zero attached hydrogens (tertiary/aromatic N) is 2. The van der Waals surface area contributed by atoms with E-state index in [0.29, 0.717) is 27.5 Å². The number of amides is 5. The molecule has 0 aliphatic carbocycles. The van der Waals surface area contributed by atoms with E-state index in [-0.39, 0.29) is 18.0 Å². The molecule has 0 saturated carbocycles. The number of hydrogen-bond donors (Lipinski definition) is 2. The molecule has 5 amide bonds. The standard InChI is InChI=1S/C28H21ClN4O4/c1-17-6-2-4-8-23(17)33-27(36)22(26(35)31-28(33)37)14-18-15-32(24-9-5-3-7-21(18)24)16-25(34)30-20-12-10-19(29)11-13-20/h2-15H,16H2,1H3,(H,30,34)(H,31,35,37)/b22-14+. The monoisotopic (exact) mass is 512 g/mol. The number of fused-ring (bicyclic) bond motifs is 1. The van der Waals surface area contributed by atoms with Gasteiger partial charge in [0, 0.05) is 33.4 Å². The van der Waals surface area contributed by atoms with Crippen LogP contribution in [0.2, 0.25) is 5.02 Å². The van der Waals surface area contributed by atoms with Crippen molar-refractivity contribution >= 4 is 63.7 Å². The lowest BCUT2D eigenvalue weighted by Gasteiger charge is -2.27. The minimum absolute atomic E-state index is 0.000275. The molecule has 37 heavy (non-hydrogen) atoms. The Morgan fingerprint density at radius 3 is 2.43 bits per heavy atom. The van der Waals surface area contributed by atoms with Gasteiger partial charge in [-0.25, -0.2) is 9.69 Å². The third-order valence-electron chi connectivity index (χ3n) is 6.02. The van der Waals surface area contributed by atoms with Crippen LogP contribution >= 0.6 is 11.6 Å². The number of carbonyl (C=O) groups excluding carboxylic acids is 4. The van der Waals surface area contributed by atoms with E-state index in [1.165, 1.54) is 6.08 Å². The highest BCUT2D eigenvalue weighted by molar-refractivity contribution is 6.39. The van der Waals surface area contributed by atoms with Crippen molar-refractivity contribution in [1.82, 2.24) is 9.88 Å². The molecule has 1 aliphatic heterocycles. The van der Waals surface area contributed by atoms with Crippen LogP contribution in [0, 0.1) is 6.92 Å². The quantitative estimate of drug-likeness (QED) is 0.293. The highest BCUT2D eigenvalue weighted by atomic mass is 35.5. The van der Waals surface area contributed by atoms with Crippen LogP contribution in [0.4, 0.5) is 16.2 Å². The van der Waals surface area contributed by atoms with Crippen molar-refractivity contribution in [3.8, 4) is 0 Å². The Kier molecular flexibility index (Phi) is 6.33. The van der Waals surface area contributed by atoms with Gasteiger partial charge in [0.2, 0.25) is 5.91 Å². The van der Waals surface area contributed by atoms with Gasteiger partial charge in [-0.2, -0.15) is 0 Å². The van der Waals surface area contributed by atoms with Crippen LogP contribution in [-0.4, -0.2) is 28.3 Å². The summed E-state index contributed by atoms with van der Waals surface area (Å²) in [5.41, 5.74) is 2.84. The number of aryl methyl sites for hydroxylation is 1. The van der Waals surface area contributed by atoms with Crippen molar-refractivity contribution in [2.75, 3.05) is 10.2 Å². The maximum atomic E-state index is 13.3. The molecular formula is C28H21ClN4O4. The summed E-state index contributed by atoms with van der Waals surface area (Å²) in [6, 6.07) is 20.3. The Hall–Kier alpha value is -4.69. The van der Waals surface area contributed by atoms with E-state index in [1.54, 1.807) is 66.2 Å². The minimum Gasteiger partial charge on any atom is -0.337 e. The molecule has 0 radical (unpaired) electrons. The topological polar surface area (TPSA) is 101 Å². The number of urea groups is 1. The van der Waals surface area contributed by atoms with Gasteiger partial charge in [0.05, 0.1) is 5.69 Å². The van der Waals surface area contributed by atoms with Crippen molar-refractivity contribution in [1.29, 1.82) is 0 Å². The van der Waals surface area contributed by atoms with Crippen LogP contribution in [-0.2, 0) is 20.9 Å². The van der Waals surface area contributed by atoms with Crippen molar-refractivity contribution in [3.05, 3.63) is 101 Å². The van der Waals surface area contributed by atoms with Crippen LogP contribution in [0.15, 0.2) is 84.6 Å². The molecule has 0 atom stereocenters. The smallest absolute Gasteiger partial charge is 0.335 e. The Balaban J connectivity index is 1.49. The molecule has 0 unspecified atom stereocenters. The first-order valence-electron chi connectivity index (χ1n) is 11.4. The molecule has 1 saturated heterocycles. The van der Waals surface area contributed by atoms with Gasteiger partial charge >= 0.3 is 6.03 Å². The van der Waals surface area contributed by atoms with E-state index >= 15 is 0 Å². The van der Waals surface area contributed by atoms with Gasteiger partial charge in [-0.1, -0.05) is 48.0 Å². The minimum atomic E-state index is -0.803. The molecule has 1 fully saturated rings. The number of para-hydroxylation sites is 2. The van der Waals surface area contributed by atoms with E-state index in [2.05, 4.69) is 10.6 Å². The molecule has 2 N–H and O–H groups in total. The fraction of sp³-hybridized carbons (Fsp3) is 0.0714. The Labute approximate surface area is 217 Å². The SMILES string of the molecule is Cc1ccccc1N1C(=O)NC(=O)/C(=C\c2cn(CC(=O)Nc3ccc(Cl)cc3)c3ccccc23)C1=O. The third-order valence-corrected chi connectivity index (χ3v) is 6.27. The molecule has 0 spiro atoms. The Morgan fingerprint density at radius 2 is 1.68 bits per heavy atom. The summed E-state index contributed by atoms with van der Waals surface area (Å²) in [7, 11) is 0. The van der Waals surface area contributed by atoms with Crippen molar-refractivity contribution in [2.24, 2.45) is 0 Å². The fourth-order valence-corrected chi connectivity index (χ4v) is 4.38. The zero-order valence-electron chi connectivity index (χ0n) is 19.7. The summed E-state index contributed by atoms with van der Waals surface area (Å²) in [5, 5.41) is 6.39. The number of nitrogens with one attached hydrogen (secondary N) is 2. The second-order valence-corrected chi connectivity index (χ2v) is 8.97.